The van der Waals surface area contributed by atoms with Gasteiger partial charge in [0, 0.05) is 43.4 Å². The second kappa shape index (κ2) is 8.10. The lowest BCUT2D eigenvalue weighted by Crippen LogP contribution is -2.48. The number of hydrogen-bond donors (Lipinski definition) is 1. The fraction of sp³-hybridized carbons (Fsp3) is 0.208. The molecular formula is C24H23N5O2. The largest absolute Gasteiger partial charge is 0.495 e. The highest BCUT2D eigenvalue weighted by molar-refractivity contribution is 5.97. The van der Waals surface area contributed by atoms with Gasteiger partial charge in [0.25, 0.3) is 5.91 Å². The third-order valence-corrected chi connectivity index (χ3v) is 5.64. The normalized spacial score (nSPS) is 14.1. The summed E-state index contributed by atoms with van der Waals surface area (Å²) in [6.45, 7) is 2.83. The van der Waals surface area contributed by atoms with Gasteiger partial charge in [-0.3, -0.25) is 9.78 Å². The van der Waals surface area contributed by atoms with Gasteiger partial charge < -0.3 is 19.5 Å². The summed E-state index contributed by atoms with van der Waals surface area (Å²) in [4.78, 5) is 29.5. The number of rotatable bonds is 4. The van der Waals surface area contributed by atoms with E-state index < -0.39 is 0 Å². The summed E-state index contributed by atoms with van der Waals surface area (Å²) in [7, 11) is 1.64. The number of piperazine rings is 1. The molecule has 7 heteroatoms. The minimum absolute atomic E-state index is 0.0428. The Kier molecular flexibility index (Phi) is 5.00. The molecule has 5 rings (SSSR count). The molecule has 0 unspecified atom stereocenters. The molecular weight excluding hydrogens is 390 g/mol. The minimum Gasteiger partial charge on any atom is -0.495 e. The van der Waals surface area contributed by atoms with E-state index in [1.165, 1.54) is 0 Å². The predicted octanol–water partition coefficient (Wildman–Crippen LogP) is 3.60. The fourth-order valence-corrected chi connectivity index (χ4v) is 3.92. The Balaban J connectivity index is 1.30. The van der Waals surface area contributed by atoms with Crippen LogP contribution in [0.15, 0.2) is 67.0 Å². The highest BCUT2D eigenvalue weighted by atomic mass is 16.5. The fourth-order valence-electron chi connectivity index (χ4n) is 3.92. The molecule has 1 aliphatic heterocycles. The van der Waals surface area contributed by atoms with Crippen LogP contribution in [0.2, 0.25) is 0 Å². The number of H-pyrrole nitrogens is 1. The standard InChI is InChI=1S/C24H23N5O2/c1-31-20-14-19(15-25-16-20)28-9-11-29(12-10-28)24(30)18-7-8-21-22(13-18)27-23(26-21)17-5-3-2-4-6-17/h2-8,13-16H,9-12H2,1H3,(H,26,27). The number of carbonyl (C=O) groups is 1. The molecule has 1 amide bonds. The highest BCUT2D eigenvalue weighted by Gasteiger charge is 2.23. The smallest absolute Gasteiger partial charge is 0.254 e. The van der Waals surface area contributed by atoms with Crippen LogP contribution in [0, 0.1) is 0 Å². The zero-order chi connectivity index (χ0) is 21.2. The van der Waals surface area contributed by atoms with Gasteiger partial charge in [-0.15, -0.1) is 0 Å². The van der Waals surface area contributed by atoms with Crippen LogP contribution >= 0.6 is 0 Å². The van der Waals surface area contributed by atoms with Crippen molar-refractivity contribution in [2.24, 2.45) is 0 Å². The van der Waals surface area contributed by atoms with Crippen LogP contribution in [-0.2, 0) is 0 Å². The van der Waals surface area contributed by atoms with Crippen LogP contribution in [-0.4, -0.2) is 59.0 Å². The highest BCUT2D eigenvalue weighted by Crippen LogP contribution is 2.23. The van der Waals surface area contributed by atoms with Gasteiger partial charge in [0.1, 0.15) is 11.6 Å². The van der Waals surface area contributed by atoms with Crippen molar-refractivity contribution in [1.29, 1.82) is 0 Å². The summed E-state index contributed by atoms with van der Waals surface area (Å²) < 4.78 is 5.27. The lowest BCUT2D eigenvalue weighted by atomic mass is 10.1. The number of nitrogens with one attached hydrogen (secondary N) is 1. The molecule has 1 aliphatic rings. The van der Waals surface area contributed by atoms with Crippen LogP contribution in [0.3, 0.4) is 0 Å². The number of hydrogen-bond acceptors (Lipinski definition) is 5. The van der Waals surface area contributed by atoms with Gasteiger partial charge in [0.05, 0.1) is 36.2 Å². The summed E-state index contributed by atoms with van der Waals surface area (Å²) in [6, 6.07) is 17.6. The summed E-state index contributed by atoms with van der Waals surface area (Å²) >= 11 is 0. The Bertz CT molecular complexity index is 1210. The number of amides is 1. The average Bonchev–Trinajstić information content (AvgIpc) is 3.28. The number of aromatic amines is 1. The van der Waals surface area contributed by atoms with Gasteiger partial charge in [0.2, 0.25) is 0 Å². The number of anilines is 1. The van der Waals surface area contributed by atoms with Crippen molar-refractivity contribution in [2.45, 2.75) is 0 Å². The quantitative estimate of drug-likeness (QED) is 0.553. The Labute approximate surface area is 180 Å². The molecule has 0 saturated carbocycles. The molecule has 156 valence electrons. The topological polar surface area (TPSA) is 74.3 Å². The van der Waals surface area contributed by atoms with Crippen molar-refractivity contribution in [3.8, 4) is 17.1 Å². The summed E-state index contributed by atoms with van der Waals surface area (Å²) in [5.41, 5.74) is 4.43. The molecule has 0 bridgehead atoms. The zero-order valence-electron chi connectivity index (χ0n) is 17.3. The maximum absolute atomic E-state index is 13.1. The van der Waals surface area contributed by atoms with Crippen LogP contribution < -0.4 is 9.64 Å². The number of aromatic nitrogens is 3. The van der Waals surface area contributed by atoms with E-state index in [0.717, 1.165) is 46.9 Å². The van der Waals surface area contributed by atoms with Gasteiger partial charge in [-0.05, 0) is 18.2 Å². The maximum atomic E-state index is 13.1. The molecule has 7 nitrogen and oxygen atoms in total. The molecule has 0 spiro atoms. The first kappa shape index (κ1) is 19.1. The molecule has 0 atom stereocenters. The van der Waals surface area contributed by atoms with Gasteiger partial charge in [0.15, 0.2) is 0 Å². The van der Waals surface area contributed by atoms with E-state index in [0.29, 0.717) is 18.7 Å². The van der Waals surface area contributed by atoms with Gasteiger partial charge in [-0.1, -0.05) is 30.3 Å². The van der Waals surface area contributed by atoms with Crippen LogP contribution in [0.25, 0.3) is 22.4 Å². The lowest BCUT2D eigenvalue weighted by Gasteiger charge is -2.36. The van der Waals surface area contributed by atoms with E-state index in [2.05, 4.69) is 19.9 Å². The number of fused-ring (bicyclic) bond motifs is 1. The van der Waals surface area contributed by atoms with Crippen molar-refractivity contribution in [1.82, 2.24) is 19.9 Å². The number of pyridine rings is 1. The predicted molar refractivity (Wildman–Crippen MR) is 120 cm³/mol. The Morgan fingerprint density at radius 1 is 1.00 bits per heavy atom. The van der Waals surface area contributed by atoms with E-state index in [9.17, 15) is 4.79 Å². The van der Waals surface area contributed by atoms with E-state index in [1.807, 2.05) is 65.7 Å². The van der Waals surface area contributed by atoms with Crippen molar-refractivity contribution >= 4 is 22.6 Å². The first-order chi connectivity index (χ1) is 15.2. The number of ether oxygens (including phenoxy) is 1. The molecule has 31 heavy (non-hydrogen) atoms. The Hall–Kier alpha value is -3.87. The molecule has 2 aromatic carbocycles. The van der Waals surface area contributed by atoms with Crippen LogP contribution in [0.4, 0.5) is 5.69 Å². The molecule has 1 saturated heterocycles. The average molecular weight is 413 g/mol. The number of imidazole rings is 1. The number of nitrogens with zero attached hydrogens (tertiary/aromatic N) is 4. The second-order valence-corrected chi connectivity index (χ2v) is 7.55. The minimum atomic E-state index is 0.0428. The molecule has 0 radical (unpaired) electrons. The van der Waals surface area contributed by atoms with E-state index in [1.54, 1.807) is 13.3 Å². The summed E-state index contributed by atoms with van der Waals surface area (Å²) in [5.74, 6) is 1.58. The van der Waals surface area contributed by atoms with Gasteiger partial charge in [-0.25, -0.2) is 4.98 Å². The third kappa shape index (κ3) is 3.82. The number of benzene rings is 2. The Morgan fingerprint density at radius 3 is 2.58 bits per heavy atom. The molecule has 1 fully saturated rings. The maximum Gasteiger partial charge on any atom is 0.254 e. The van der Waals surface area contributed by atoms with Gasteiger partial charge >= 0.3 is 0 Å². The molecule has 4 aromatic rings. The van der Waals surface area contributed by atoms with Crippen molar-refractivity contribution in [3.05, 3.63) is 72.6 Å². The molecule has 1 N–H and O–H groups in total. The van der Waals surface area contributed by atoms with Crippen molar-refractivity contribution < 1.29 is 9.53 Å². The summed E-state index contributed by atoms with van der Waals surface area (Å²) in [5, 5.41) is 0. The van der Waals surface area contributed by atoms with Crippen LogP contribution in [0.1, 0.15) is 10.4 Å². The lowest BCUT2D eigenvalue weighted by molar-refractivity contribution is 0.0747. The molecule has 3 heterocycles. The van der Waals surface area contributed by atoms with E-state index in [4.69, 9.17) is 4.74 Å². The first-order valence-corrected chi connectivity index (χ1v) is 10.3. The molecule has 0 aliphatic carbocycles. The summed E-state index contributed by atoms with van der Waals surface area (Å²) in [6.07, 6.45) is 3.52. The first-order valence-electron chi connectivity index (χ1n) is 10.3. The molecule has 2 aromatic heterocycles. The zero-order valence-corrected chi connectivity index (χ0v) is 17.3. The Morgan fingerprint density at radius 2 is 1.81 bits per heavy atom. The van der Waals surface area contributed by atoms with E-state index in [-0.39, 0.29) is 5.91 Å². The second-order valence-electron chi connectivity index (χ2n) is 7.55. The van der Waals surface area contributed by atoms with E-state index >= 15 is 0 Å². The van der Waals surface area contributed by atoms with Crippen molar-refractivity contribution in [2.75, 3.05) is 38.2 Å². The third-order valence-electron chi connectivity index (χ3n) is 5.64. The number of carbonyl (C=O) groups excluding carboxylic acids is 1. The number of methoxy groups -OCH3 is 1. The SMILES string of the molecule is COc1cncc(N2CCN(C(=O)c3ccc4nc(-c5ccccc5)[nH]c4c3)CC2)c1. The monoisotopic (exact) mass is 413 g/mol. The van der Waals surface area contributed by atoms with Crippen molar-refractivity contribution in [3.63, 3.8) is 0 Å². The van der Waals surface area contributed by atoms with Crippen LogP contribution in [0.5, 0.6) is 5.75 Å². The van der Waals surface area contributed by atoms with Gasteiger partial charge in [-0.2, -0.15) is 0 Å².